The minimum absolute atomic E-state index is 0.499. The molecule has 0 saturated carbocycles. The Hall–Kier alpha value is -2.10. The van der Waals surface area contributed by atoms with E-state index in [9.17, 15) is 0 Å². The largest absolute Gasteiger partial charge is 0.490 e. The van der Waals surface area contributed by atoms with Crippen LogP contribution in [0.1, 0.15) is 5.89 Å². The SMILES string of the molecule is C=CCOc1ccc(-c2nnc(C)o2)cc1. The zero-order chi connectivity index (χ0) is 11.4. The van der Waals surface area contributed by atoms with Gasteiger partial charge in [-0.25, -0.2) is 0 Å². The topological polar surface area (TPSA) is 48.2 Å². The van der Waals surface area contributed by atoms with Crippen molar-refractivity contribution in [3.63, 3.8) is 0 Å². The van der Waals surface area contributed by atoms with Crippen molar-refractivity contribution in [2.45, 2.75) is 6.92 Å². The summed E-state index contributed by atoms with van der Waals surface area (Å²) in [7, 11) is 0. The molecule has 16 heavy (non-hydrogen) atoms. The number of rotatable bonds is 4. The second-order valence-electron chi connectivity index (χ2n) is 3.25. The summed E-state index contributed by atoms with van der Waals surface area (Å²) >= 11 is 0. The van der Waals surface area contributed by atoms with E-state index >= 15 is 0 Å². The molecule has 4 nitrogen and oxygen atoms in total. The molecule has 1 aromatic carbocycles. The molecule has 0 spiro atoms. The number of aryl methyl sites for hydroxylation is 1. The van der Waals surface area contributed by atoms with Crippen molar-refractivity contribution < 1.29 is 9.15 Å². The number of aromatic nitrogens is 2. The first kappa shape index (κ1) is 10.4. The average Bonchev–Trinajstić information content (AvgIpc) is 2.74. The van der Waals surface area contributed by atoms with Crippen LogP contribution in [0.3, 0.4) is 0 Å². The molecule has 0 N–H and O–H groups in total. The van der Waals surface area contributed by atoms with E-state index < -0.39 is 0 Å². The van der Waals surface area contributed by atoms with Gasteiger partial charge >= 0.3 is 0 Å². The Bertz CT molecular complexity index is 474. The van der Waals surface area contributed by atoms with E-state index in [-0.39, 0.29) is 0 Å². The molecule has 2 rings (SSSR count). The minimum atomic E-state index is 0.499. The first-order valence-electron chi connectivity index (χ1n) is 4.94. The summed E-state index contributed by atoms with van der Waals surface area (Å²) in [6, 6.07) is 7.48. The molecule has 0 aliphatic carbocycles. The molecule has 0 atom stereocenters. The van der Waals surface area contributed by atoms with Gasteiger partial charge in [0.15, 0.2) is 0 Å². The van der Waals surface area contributed by atoms with Crippen LogP contribution in [-0.2, 0) is 0 Å². The quantitative estimate of drug-likeness (QED) is 0.737. The van der Waals surface area contributed by atoms with E-state index in [0.29, 0.717) is 18.4 Å². The maximum atomic E-state index is 5.37. The Balaban J connectivity index is 2.15. The monoisotopic (exact) mass is 216 g/mol. The van der Waals surface area contributed by atoms with Crippen molar-refractivity contribution in [2.75, 3.05) is 6.61 Å². The lowest BCUT2D eigenvalue weighted by atomic mass is 10.2. The van der Waals surface area contributed by atoms with Gasteiger partial charge < -0.3 is 9.15 Å². The van der Waals surface area contributed by atoms with Crippen LogP contribution in [0, 0.1) is 6.92 Å². The molecule has 0 aliphatic rings. The number of benzene rings is 1. The van der Waals surface area contributed by atoms with E-state index in [0.717, 1.165) is 11.3 Å². The number of ether oxygens (including phenoxy) is 1. The van der Waals surface area contributed by atoms with Crippen LogP contribution in [0.15, 0.2) is 41.3 Å². The van der Waals surface area contributed by atoms with Crippen molar-refractivity contribution in [2.24, 2.45) is 0 Å². The fraction of sp³-hybridized carbons (Fsp3) is 0.167. The first-order valence-corrected chi connectivity index (χ1v) is 4.94. The fourth-order valence-electron chi connectivity index (χ4n) is 1.26. The molecular weight excluding hydrogens is 204 g/mol. The predicted molar refractivity (Wildman–Crippen MR) is 60.2 cm³/mol. The highest BCUT2D eigenvalue weighted by Gasteiger charge is 2.05. The Morgan fingerprint density at radius 1 is 1.31 bits per heavy atom. The zero-order valence-electron chi connectivity index (χ0n) is 9.01. The molecule has 0 amide bonds. The van der Waals surface area contributed by atoms with Crippen LogP contribution in [0.5, 0.6) is 5.75 Å². The third-order valence-corrected chi connectivity index (χ3v) is 2.00. The molecule has 1 heterocycles. The molecule has 0 saturated heterocycles. The summed E-state index contributed by atoms with van der Waals surface area (Å²) in [6.45, 7) is 5.85. The second-order valence-corrected chi connectivity index (χ2v) is 3.25. The first-order chi connectivity index (χ1) is 7.79. The van der Waals surface area contributed by atoms with Gasteiger partial charge in [0.1, 0.15) is 12.4 Å². The third-order valence-electron chi connectivity index (χ3n) is 2.00. The van der Waals surface area contributed by atoms with E-state index in [1.807, 2.05) is 24.3 Å². The third kappa shape index (κ3) is 2.28. The maximum absolute atomic E-state index is 5.37. The maximum Gasteiger partial charge on any atom is 0.247 e. The van der Waals surface area contributed by atoms with Gasteiger partial charge in [0, 0.05) is 12.5 Å². The predicted octanol–water partition coefficient (Wildman–Crippen LogP) is 2.61. The van der Waals surface area contributed by atoms with Crippen molar-refractivity contribution in [1.82, 2.24) is 10.2 Å². The van der Waals surface area contributed by atoms with Crippen LogP contribution in [0.4, 0.5) is 0 Å². The number of hydrogen-bond acceptors (Lipinski definition) is 4. The lowest BCUT2D eigenvalue weighted by Crippen LogP contribution is -1.92. The molecule has 82 valence electrons. The van der Waals surface area contributed by atoms with Gasteiger partial charge in [-0.2, -0.15) is 0 Å². The van der Waals surface area contributed by atoms with Crippen molar-refractivity contribution >= 4 is 0 Å². The van der Waals surface area contributed by atoms with Gasteiger partial charge in [0.25, 0.3) is 0 Å². The Labute approximate surface area is 93.6 Å². The van der Waals surface area contributed by atoms with E-state index in [1.54, 1.807) is 13.0 Å². The van der Waals surface area contributed by atoms with Crippen molar-refractivity contribution in [3.05, 3.63) is 42.8 Å². The van der Waals surface area contributed by atoms with Crippen molar-refractivity contribution in [3.8, 4) is 17.2 Å². The van der Waals surface area contributed by atoms with Crippen LogP contribution in [0.2, 0.25) is 0 Å². The van der Waals surface area contributed by atoms with E-state index in [2.05, 4.69) is 16.8 Å². The van der Waals surface area contributed by atoms with Gasteiger partial charge in [-0.3, -0.25) is 0 Å². The highest BCUT2D eigenvalue weighted by atomic mass is 16.5. The Morgan fingerprint density at radius 3 is 2.62 bits per heavy atom. The minimum Gasteiger partial charge on any atom is -0.490 e. The summed E-state index contributed by atoms with van der Waals surface area (Å²) in [6.07, 6.45) is 1.70. The second kappa shape index (κ2) is 4.61. The lowest BCUT2D eigenvalue weighted by molar-refractivity contribution is 0.363. The summed E-state index contributed by atoms with van der Waals surface area (Å²) in [4.78, 5) is 0. The highest BCUT2D eigenvalue weighted by molar-refractivity contribution is 5.53. The molecular formula is C12H12N2O2. The Kier molecular flexibility index (Phi) is 3.00. The molecule has 0 fully saturated rings. The van der Waals surface area contributed by atoms with Crippen molar-refractivity contribution in [1.29, 1.82) is 0 Å². The molecule has 1 aromatic heterocycles. The summed E-state index contributed by atoms with van der Waals surface area (Å²) in [5, 5.41) is 7.71. The van der Waals surface area contributed by atoms with Crippen LogP contribution < -0.4 is 4.74 Å². The van der Waals surface area contributed by atoms with Gasteiger partial charge in [-0.15, -0.1) is 10.2 Å². The van der Waals surface area contributed by atoms with Crippen LogP contribution in [-0.4, -0.2) is 16.8 Å². The molecule has 0 bridgehead atoms. The Morgan fingerprint density at radius 2 is 2.06 bits per heavy atom. The molecule has 0 radical (unpaired) electrons. The van der Waals surface area contributed by atoms with E-state index in [4.69, 9.17) is 9.15 Å². The smallest absolute Gasteiger partial charge is 0.247 e. The molecule has 2 aromatic rings. The van der Waals surface area contributed by atoms with Gasteiger partial charge in [-0.1, -0.05) is 12.7 Å². The van der Waals surface area contributed by atoms with Crippen LogP contribution >= 0.6 is 0 Å². The molecule has 0 unspecified atom stereocenters. The standard InChI is InChI=1S/C12H12N2O2/c1-3-8-15-11-6-4-10(5-7-11)12-14-13-9(2)16-12/h3-7H,1,8H2,2H3. The van der Waals surface area contributed by atoms with Gasteiger partial charge in [-0.05, 0) is 24.3 Å². The number of hydrogen-bond donors (Lipinski definition) is 0. The highest BCUT2D eigenvalue weighted by Crippen LogP contribution is 2.20. The molecule has 0 aliphatic heterocycles. The number of nitrogens with zero attached hydrogens (tertiary/aromatic N) is 2. The van der Waals surface area contributed by atoms with E-state index in [1.165, 1.54) is 0 Å². The molecule has 4 heteroatoms. The average molecular weight is 216 g/mol. The van der Waals surface area contributed by atoms with Gasteiger partial charge in [0.2, 0.25) is 11.8 Å². The van der Waals surface area contributed by atoms with Crippen LogP contribution in [0.25, 0.3) is 11.5 Å². The van der Waals surface area contributed by atoms with Gasteiger partial charge in [0.05, 0.1) is 0 Å². The fourth-order valence-corrected chi connectivity index (χ4v) is 1.26. The zero-order valence-corrected chi connectivity index (χ0v) is 9.01. The lowest BCUT2D eigenvalue weighted by Gasteiger charge is -2.02. The normalized spacial score (nSPS) is 10.1. The summed E-state index contributed by atoms with van der Waals surface area (Å²) in [5.41, 5.74) is 0.881. The summed E-state index contributed by atoms with van der Waals surface area (Å²) < 4.78 is 10.7. The summed E-state index contributed by atoms with van der Waals surface area (Å²) in [5.74, 6) is 1.87.